The van der Waals surface area contributed by atoms with Crippen molar-refractivity contribution in [3.05, 3.63) is 35.6 Å². The van der Waals surface area contributed by atoms with E-state index in [1.165, 1.54) is 6.07 Å². The second-order valence-corrected chi connectivity index (χ2v) is 3.88. The molecule has 1 aromatic carbocycles. The summed E-state index contributed by atoms with van der Waals surface area (Å²) in [7, 11) is 0. The van der Waals surface area contributed by atoms with E-state index in [1.54, 1.807) is 18.2 Å². The van der Waals surface area contributed by atoms with Crippen molar-refractivity contribution in [3.8, 4) is 6.07 Å². The fraction of sp³-hybridized carbons (Fsp3) is 0.417. The van der Waals surface area contributed by atoms with Gasteiger partial charge in [0.05, 0.1) is 12.0 Å². The summed E-state index contributed by atoms with van der Waals surface area (Å²) in [5, 5.41) is 12.3. The van der Waals surface area contributed by atoms with Gasteiger partial charge in [0.2, 0.25) is 0 Å². The fourth-order valence-corrected chi connectivity index (χ4v) is 2.12. The molecular formula is C12H13FN2. The average Bonchev–Trinajstić information content (AvgIpc) is 2.75. The first-order valence-electron chi connectivity index (χ1n) is 5.17. The summed E-state index contributed by atoms with van der Waals surface area (Å²) in [5.74, 6) is -0.343. The van der Waals surface area contributed by atoms with Crippen LogP contribution in [0.5, 0.6) is 0 Å². The number of rotatable bonds is 2. The monoisotopic (exact) mass is 204 g/mol. The number of hydrogen-bond acceptors (Lipinski definition) is 2. The smallest absolute Gasteiger partial charge is 0.127 e. The van der Waals surface area contributed by atoms with Crippen molar-refractivity contribution in [1.29, 1.82) is 5.26 Å². The Morgan fingerprint density at radius 1 is 1.47 bits per heavy atom. The Kier molecular flexibility index (Phi) is 2.98. The Bertz CT molecular complexity index is 377. The maximum atomic E-state index is 13.5. The van der Waals surface area contributed by atoms with Gasteiger partial charge in [-0.25, -0.2) is 4.39 Å². The van der Waals surface area contributed by atoms with Crippen molar-refractivity contribution in [2.45, 2.75) is 12.3 Å². The van der Waals surface area contributed by atoms with Crippen LogP contribution in [0.1, 0.15) is 17.9 Å². The Hall–Kier alpha value is -1.40. The molecule has 1 aliphatic heterocycles. The highest BCUT2D eigenvalue weighted by Gasteiger charge is 2.27. The zero-order valence-corrected chi connectivity index (χ0v) is 8.41. The minimum Gasteiger partial charge on any atom is -0.316 e. The molecule has 1 aromatic rings. The summed E-state index contributed by atoms with van der Waals surface area (Å²) in [5.41, 5.74) is 0.536. The molecular weight excluding hydrogens is 191 g/mol. The van der Waals surface area contributed by atoms with Gasteiger partial charge in [-0.3, -0.25) is 0 Å². The second-order valence-electron chi connectivity index (χ2n) is 3.88. The Balaban J connectivity index is 2.27. The van der Waals surface area contributed by atoms with Crippen LogP contribution in [0.2, 0.25) is 0 Å². The first kappa shape index (κ1) is 10.1. The van der Waals surface area contributed by atoms with Crippen molar-refractivity contribution >= 4 is 0 Å². The highest BCUT2D eigenvalue weighted by atomic mass is 19.1. The van der Waals surface area contributed by atoms with Crippen molar-refractivity contribution in [2.24, 2.45) is 5.92 Å². The van der Waals surface area contributed by atoms with Crippen LogP contribution in [0.25, 0.3) is 0 Å². The number of nitriles is 1. The highest BCUT2D eigenvalue weighted by Crippen LogP contribution is 2.29. The van der Waals surface area contributed by atoms with E-state index in [1.807, 2.05) is 0 Å². The maximum absolute atomic E-state index is 13.5. The molecule has 1 saturated heterocycles. The minimum atomic E-state index is -0.318. The van der Waals surface area contributed by atoms with E-state index in [4.69, 9.17) is 5.26 Å². The molecule has 0 saturated carbocycles. The minimum absolute atomic E-state index is 0.242. The van der Waals surface area contributed by atoms with Crippen LogP contribution < -0.4 is 5.32 Å². The van der Waals surface area contributed by atoms with E-state index in [-0.39, 0.29) is 17.7 Å². The lowest BCUT2D eigenvalue weighted by atomic mass is 9.86. The average molecular weight is 204 g/mol. The van der Waals surface area contributed by atoms with Gasteiger partial charge in [0, 0.05) is 5.56 Å². The number of halogens is 1. The van der Waals surface area contributed by atoms with Crippen molar-refractivity contribution < 1.29 is 4.39 Å². The third kappa shape index (κ3) is 2.00. The van der Waals surface area contributed by atoms with E-state index >= 15 is 0 Å². The van der Waals surface area contributed by atoms with Crippen LogP contribution in [0.4, 0.5) is 4.39 Å². The summed E-state index contributed by atoms with van der Waals surface area (Å²) in [6.07, 6.45) is 0.951. The molecule has 0 radical (unpaired) electrons. The molecule has 1 fully saturated rings. The molecule has 1 N–H and O–H groups in total. The van der Waals surface area contributed by atoms with E-state index < -0.39 is 0 Å². The Morgan fingerprint density at radius 2 is 2.27 bits per heavy atom. The van der Waals surface area contributed by atoms with Gasteiger partial charge >= 0.3 is 0 Å². The summed E-state index contributed by atoms with van der Waals surface area (Å²) >= 11 is 0. The van der Waals surface area contributed by atoms with Gasteiger partial charge in [0.15, 0.2) is 0 Å². The SMILES string of the molecule is N#CC(c1ccccc1F)C1CCNC1. The topological polar surface area (TPSA) is 35.8 Å². The van der Waals surface area contributed by atoms with E-state index in [0.29, 0.717) is 5.56 Å². The maximum Gasteiger partial charge on any atom is 0.127 e. The van der Waals surface area contributed by atoms with Crippen LogP contribution in [-0.2, 0) is 0 Å². The third-order valence-corrected chi connectivity index (χ3v) is 2.95. The highest BCUT2D eigenvalue weighted by molar-refractivity contribution is 5.27. The summed E-state index contributed by atoms with van der Waals surface area (Å²) in [6.45, 7) is 1.74. The molecule has 78 valence electrons. The van der Waals surface area contributed by atoms with Crippen LogP contribution in [-0.4, -0.2) is 13.1 Å². The molecule has 0 aromatic heterocycles. The van der Waals surface area contributed by atoms with E-state index in [9.17, 15) is 4.39 Å². The molecule has 2 unspecified atom stereocenters. The third-order valence-electron chi connectivity index (χ3n) is 2.95. The van der Waals surface area contributed by atoms with Crippen LogP contribution in [0, 0.1) is 23.1 Å². The molecule has 2 nitrogen and oxygen atoms in total. The van der Waals surface area contributed by atoms with Crippen molar-refractivity contribution in [1.82, 2.24) is 5.32 Å². The lowest BCUT2D eigenvalue weighted by Crippen LogP contribution is -2.16. The number of nitrogens with zero attached hydrogens (tertiary/aromatic N) is 1. The molecule has 0 spiro atoms. The van der Waals surface area contributed by atoms with Gasteiger partial charge in [-0.1, -0.05) is 18.2 Å². The van der Waals surface area contributed by atoms with Gasteiger partial charge in [-0.2, -0.15) is 5.26 Å². The van der Waals surface area contributed by atoms with Gasteiger partial charge in [0.1, 0.15) is 5.82 Å². The number of benzene rings is 1. The summed E-state index contributed by atoms with van der Waals surface area (Å²) in [4.78, 5) is 0. The number of hydrogen-bond donors (Lipinski definition) is 1. The van der Waals surface area contributed by atoms with Crippen LogP contribution in [0.3, 0.4) is 0 Å². The molecule has 1 heterocycles. The molecule has 3 heteroatoms. The quantitative estimate of drug-likeness (QED) is 0.800. The fourth-order valence-electron chi connectivity index (χ4n) is 2.12. The Labute approximate surface area is 88.7 Å². The van der Waals surface area contributed by atoms with Crippen molar-refractivity contribution in [3.63, 3.8) is 0 Å². The summed E-state index contributed by atoms with van der Waals surface area (Å²) < 4.78 is 13.5. The molecule has 0 bridgehead atoms. The van der Waals surface area contributed by atoms with E-state index in [2.05, 4.69) is 11.4 Å². The van der Waals surface area contributed by atoms with E-state index in [0.717, 1.165) is 19.5 Å². The lowest BCUT2D eigenvalue weighted by molar-refractivity contribution is 0.504. The van der Waals surface area contributed by atoms with Crippen LogP contribution in [0.15, 0.2) is 24.3 Å². The molecule has 1 aliphatic rings. The normalized spacial score (nSPS) is 22.3. The second kappa shape index (κ2) is 4.41. The zero-order valence-electron chi connectivity index (χ0n) is 8.41. The first-order valence-corrected chi connectivity index (χ1v) is 5.17. The van der Waals surface area contributed by atoms with Gasteiger partial charge in [-0.15, -0.1) is 0 Å². The molecule has 2 rings (SSSR count). The molecule has 15 heavy (non-hydrogen) atoms. The van der Waals surface area contributed by atoms with Gasteiger partial charge in [0.25, 0.3) is 0 Å². The van der Waals surface area contributed by atoms with Crippen LogP contribution >= 0.6 is 0 Å². The predicted octanol–water partition coefficient (Wildman–Crippen LogP) is 2.04. The predicted molar refractivity (Wildman–Crippen MR) is 55.7 cm³/mol. The Morgan fingerprint density at radius 3 is 2.87 bits per heavy atom. The largest absolute Gasteiger partial charge is 0.316 e. The van der Waals surface area contributed by atoms with Crippen molar-refractivity contribution in [2.75, 3.05) is 13.1 Å². The summed E-state index contributed by atoms with van der Waals surface area (Å²) in [6, 6.07) is 8.79. The lowest BCUT2D eigenvalue weighted by Gasteiger charge is -2.16. The number of nitrogens with one attached hydrogen (secondary N) is 1. The zero-order chi connectivity index (χ0) is 10.7. The molecule has 2 atom stereocenters. The standard InChI is InChI=1S/C12H13FN2/c13-12-4-2-1-3-10(12)11(7-14)9-5-6-15-8-9/h1-4,9,11,15H,5-6,8H2. The van der Waals surface area contributed by atoms with Gasteiger partial charge < -0.3 is 5.32 Å². The van der Waals surface area contributed by atoms with Gasteiger partial charge in [-0.05, 0) is 31.5 Å². The molecule has 0 aliphatic carbocycles. The first-order chi connectivity index (χ1) is 7.33. The molecule has 0 amide bonds.